The highest BCUT2D eigenvalue weighted by Gasteiger charge is 2.45. The van der Waals surface area contributed by atoms with Gasteiger partial charge in [0.15, 0.2) is 11.9 Å². The summed E-state index contributed by atoms with van der Waals surface area (Å²) in [6.45, 7) is 4.32. The summed E-state index contributed by atoms with van der Waals surface area (Å²) < 4.78 is 26.9. The number of carbonyl (C=O) groups is 3. The van der Waals surface area contributed by atoms with Crippen LogP contribution in [-0.2, 0) is 38.1 Å². The van der Waals surface area contributed by atoms with E-state index in [9.17, 15) is 24.5 Å². The van der Waals surface area contributed by atoms with E-state index in [4.69, 9.17) is 28.8 Å². The fourth-order valence-corrected chi connectivity index (χ4v) is 2.85. The highest BCUT2D eigenvalue weighted by atomic mass is 16.7. The largest absolute Gasteiger partial charge is 0.463 e. The zero-order valence-corrected chi connectivity index (χ0v) is 18.2. The zero-order chi connectivity index (χ0) is 24.3. The maximum absolute atomic E-state index is 11.6. The van der Waals surface area contributed by atoms with Gasteiger partial charge in [0.1, 0.15) is 18.8 Å². The molecular weight excluding hydrogens is 430 g/mol. The van der Waals surface area contributed by atoms with Gasteiger partial charge in [-0.2, -0.15) is 0 Å². The van der Waals surface area contributed by atoms with E-state index in [1.807, 2.05) is 0 Å². The molecule has 0 saturated carbocycles. The number of hydrogen-bond acceptors (Lipinski definition) is 11. The Labute approximate surface area is 184 Å². The Morgan fingerprint density at radius 3 is 2.25 bits per heavy atom. The van der Waals surface area contributed by atoms with Gasteiger partial charge in [0, 0.05) is 26.8 Å². The van der Waals surface area contributed by atoms with Crippen LogP contribution in [0.4, 0.5) is 0 Å². The van der Waals surface area contributed by atoms with Crippen LogP contribution in [0.2, 0.25) is 0 Å². The van der Waals surface area contributed by atoms with E-state index in [0.717, 1.165) is 26.0 Å². The molecule has 4 atom stereocenters. The number of nitro groups is 1. The molecule has 0 aromatic rings. The number of esters is 3. The first-order chi connectivity index (χ1) is 15.1. The minimum atomic E-state index is -1.18. The quantitative estimate of drug-likeness (QED) is 0.125. The fraction of sp³-hybridized carbons (Fsp3) is 0.550. The van der Waals surface area contributed by atoms with Gasteiger partial charge in [-0.1, -0.05) is 12.2 Å². The molecule has 0 radical (unpaired) electrons. The second-order valence-electron chi connectivity index (χ2n) is 6.57. The number of allylic oxidation sites excluding steroid dienone is 3. The Balaban J connectivity index is 3.30. The van der Waals surface area contributed by atoms with Crippen LogP contribution in [0.5, 0.6) is 0 Å². The van der Waals surface area contributed by atoms with Gasteiger partial charge >= 0.3 is 23.6 Å². The Kier molecular flexibility index (Phi) is 11.1. The van der Waals surface area contributed by atoms with Crippen molar-refractivity contribution in [2.24, 2.45) is 0 Å². The van der Waals surface area contributed by atoms with Crippen LogP contribution in [0.1, 0.15) is 34.1 Å². The minimum Gasteiger partial charge on any atom is -0.463 e. The first-order valence-corrected chi connectivity index (χ1v) is 9.67. The molecule has 0 amide bonds. The molecule has 178 valence electrons. The van der Waals surface area contributed by atoms with Crippen molar-refractivity contribution in [3.8, 4) is 0 Å². The van der Waals surface area contributed by atoms with Crippen molar-refractivity contribution in [3.05, 3.63) is 45.9 Å². The Hall–Kier alpha value is -3.25. The predicted molar refractivity (Wildman–Crippen MR) is 107 cm³/mol. The lowest BCUT2D eigenvalue weighted by atomic mass is 10.0. The van der Waals surface area contributed by atoms with E-state index < -0.39 is 59.7 Å². The normalized spacial score (nSPS) is 24.0. The monoisotopic (exact) mass is 457 g/mol. The van der Waals surface area contributed by atoms with Gasteiger partial charge in [-0.15, -0.1) is 0 Å². The van der Waals surface area contributed by atoms with Crippen molar-refractivity contribution in [3.63, 3.8) is 0 Å². The maximum Gasteiger partial charge on any atom is 0.310 e. The summed E-state index contributed by atoms with van der Waals surface area (Å²) in [4.78, 5) is 45.2. The topological polar surface area (TPSA) is 161 Å². The number of ether oxygens (including phenoxy) is 5. The van der Waals surface area contributed by atoms with Crippen molar-refractivity contribution in [2.45, 2.75) is 58.7 Å². The van der Waals surface area contributed by atoms with E-state index in [1.54, 1.807) is 6.92 Å². The lowest BCUT2D eigenvalue weighted by Crippen LogP contribution is -2.54. The van der Waals surface area contributed by atoms with Crippen LogP contribution in [0.3, 0.4) is 0 Å². The standard InChI is InChI=1S/C20H27NO11/c1-5-7-16(15(21(26)27)8-6-9-22)31-19-10-17(29-13(3)24)20(30-14(4)25)18(32-19)11-28-12(2)23/h5-8,17-20,22H,9-11H2,1-4H3/b7-5-,8-6+,16-15-/t17?,18?,19?,20-/m0/s1. The Morgan fingerprint density at radius 2 is 1.75 bits per heavy atom. The molecule has 1 saturated heterocycles. The smallest absolute Gasteiger partial charge is 0.310 e. The molecule has 0 aliphatic carbocycles. The van der Waals surface area contributed by atoms with E-state index in [2.05, 4.69) is 0 Å². The fourth-order valence-electron chi connectivity index (χ4n) is 2.85. The molecule has 0 spiro atoms. The third kappa shape index (κ3) is 8.86. The summed E-state index contributed by atoms with van der Waals surface area (Å²) in [7, 11) is 0. The molecular formula is C20H27NO11. The lowest BCUT2D eigenvalue weighted by Gasteiger charge is -2.39. The van der Waals surface area contributed by atoms with E-state index in [1.165, 1.54) is 19.1 Å². The minimum absolute atomic E-state index is 0.135. The van der Waals surface area contributed by atoms with Crippen LogP contribution in [0.25, 0.3) is 0 Å². The van der Waals surface area contributed by atoms with Crippen LogP contribution in [-0.4, -0.2) is 65.8 Å². The van der Waals surface area contributed by atoms with Crippen molar-refractivity contribution in [1.82, 2.24) is 0 Å². The van der Waals surface area contributed by atoms with Gasteiger partial charge in [-0.25, -0.2) is 0 Å². The first kappa shape index (κ1) is 26.8. The molecule has 12 heteroatoms. The third-order valence-corrected chi connectivity index (χ3v) is 3.96. The van der Waals surface area contributed by atoms with Crippen molar-refractivity contribution in [2.75, 3.05) is 13.2 Å². The molecule has 1 aliphatic heterocycles. The molecule has 0 aromatic heterocycles. The highest BCUT2D eigenvalue weighted by Crippen LogP contribution is 2.29. The average Bonchev–Trinajstić information content (AvgIpc) is 2.67. The van der Waals surface area contributed by atoms with E-state index in [-0.39, 0.29) is 18.8 Å². The molecule has 1 N–H and O–H groups in total. The number of hydrogen-bond donors (Lipinski definition) is 1. The molecule has 32 heavy (non-hydrogen) atoms. The number of carbonyl (C=O) groups excluding carboxylic acids is 3. The molecule has 1 aliphatic rings. The van der Waals surface area contributed by atoms with Crippen LogP contribution in [0.15, 0.2) is 35.8 Å². The molecule has 1 fully saturated rings. The summed E-state index contributed by atoms with van der Waals surface area (Å²) in [5.41, 5.74) is -0.455. The first-order valence-electron chi connectivity index (χ1n) is 9.67. The van der Waals surface area contributed by atoms with Gasteiger partial charge in [-0.05, 0) is 13.0 Å². The van der Waals surface area contributed by atoms with Gasteiger partial charge in [-0.3, -0.25) is 24.5 Å². The lowest BCUT2D eigenvalue weighted by molar-refractivity contribution is -0.422. The summed E-state index contributed by atoms with van der Waals surface area (Å²) in [6.07, 6.45) is 0.515. The molecule has 0 aromatic carbocycles. The third-order valence-electron chi connectivity index (χ3n) is 3.96. The molecule has 3 unspecified atom stereocenters. The van der Waals surface area contributed by atoms with Gasteiger partial charge in [0.2, 0.25) is 6.29 Å². The van der Waals surface area contributed by atoms with E-state index >= 15 is 0 Å². The predicted octanol–water partition coefficient (Wildman–Crippen LogP) is 1.16. The number of aliphatic hydroxyl groups is 1. The van der Waals surface area contributed by atoms with Crippen LogP contribution in [0, 0.1) is 10.1 Å². The van der Waals surface area contributed by atoms with Gasteiger partial charge in [0.05, 0.1) is 18.0 Å². The Morgan fingerprint density at radius 1 is 1.09 bits per heavy atom. The number of aliphatic hydroxyl groups excluding tert-OH is 1. The molecule has 0 bridgehead atoms. The average molecular weight is 457 g/mol. The highest BCUT2D eigenvalue weighted by molar-refractivity contribution is 5.67. The molecule has 1 rings (SSSR count). The number of nitrogens with zero attached hydrogens (tertiary/aromatic N) is 1. The maximum atomic E-state index is 11.6. The van der Waals surface area contributed by atoms with Crippen molar-refractivity contribution in [1.29, 1.82) is 0 Å². The molecule has 1 heterocycles. The van der Waals surface area contributed by atoms with Crippen molar-refractivity contribution >= 4 is 17.9 Å². The Bertz CT molecular complexity index is 786. The van der Waals surface area contributed by atoms with E-state index in [0.29, 0.717) is 0 Å². The summed E-state index contributed by atoms with van der Waals surface area (Å²) in [5, 5.41) is 20.4. The summed E-state index contributed by atoms with van der Waals surface area (Å²) in [6, 6.07) is 0. The second kappa shape index (κ2) is 13.2. The zero-order valence-electron chi connectivity index (χ0n) is 18.2. The van der Waals surface area contributed by atoms with Gasteiger partial charge < -0.3 is 28.8 Å². The SMILES string of the molecule is C\C=C/C(OC1CC(OC(C)=O)[C@H](OC(C)=O)C(COC(C)=O)O1)=C(\C=C\CO)[N+](=O)[O-]. The van der Waals surface area contributed by atoms with Gasteiger partial charge in [0.25, 0.3) is 0 Å². The molecule has 12 nitrogen and oxygen atoms in total. The van der Waals surface area contributed by atoms with Crippen LogP contribution >= 0.6 is 0 Å². The van der Waals surface area contributed by atoms with Crippen molar-refractivity contribution < 1.29 is 48.1 Å². The summed E-state index contributed by atoms with van der Waals surface area (Å²) in [5.74, 6) is -2.16. The van der Waals surface area contributed by atoms with Crippen LogP contribution < -0.4 is 0 Å². The number of rotatable bonds is 10. The second-order valence-corrected chi connectivity index (χ2v) is 6.57. The summed E-state index contributed by atoms with van der Waals surface area (Å²) >= 11 is 0.